The van der Waals surface area contributed by atoms with E-state index in [9.17, 15) is 0 Å². The van der Waals surface area contributed by atoms with Crippen LogP contribution in [0.15, 0.2) is 84.9 Å². The van der Waals surface area contributed by atoms with Gasteiger partial charge in [-0.1, -0.05) is 91.1 Å². The third-order valence-electron chi connectivity index (χ3n) is 7.73. The van der Waals surface area contributed by atoms with E-state index in [0.29, 0.717) is 5.92 Å². The van der Waals surface area contributed by atoms with Crippen molar-refractivity contribution in [1.29, 1.82) is 0 Å². The van der Waals surface area contributed by atoms with E-state index in [0.717, 1.165) is 65.1 Å². The largest absolute Gasteiger partial charge is 0.354 e. The Morgan fingerprint density at radius 3 is 1.63 bits per heavy atom. The van der Waals surface area contributed by atoms with E-state index < -0.39 is 0 Å². The number of benzene rings is 5. The van der Waals surface area contributed by atoms with Gasteiger partial charge in [0, 0.05) is 64.9 Å². The first-order valence-corrected chi connectivity index (χ1v) is 13.7. The lowest BCUT2D eigenvalue weighted by molar-refractivity contribution is 0.869. The highest BCUT2D eigenvalue weighted by atomic mass is 35.5. The molecule has 0 fully saturated rings. The van der Waals surface area contributed by atoms with Crippen LogP contribution in [0.25, 0.3) is 65.9 Å². The maximum absolute atomic E-state index is 6.92. The van der Waals surface area contributed by atoms with Crippen LogP contribution in [0.1, 0.15) is 30.9 Å². The molecule has 0 saturated heterocycles. The predicted octanol–water partition coefficient (Wildman–Crippen LogP) is 11.0. The van der Waals surface area contributed by atoms with Gasteiger partial charge >= 0.3 is 0 Å². The maximum atomic E-state index is 6.92. The quantitative estimate of drug-likeness (QED) is 0.226. The van der Waals surface area contributed by atoms with Crippen molar-refractivity contribution in [2.75, 3.05) is 0 Å². The Hall–Kier alpha value is -3.72. The minimum absolute atomic E-state index is 0.413. The van der Waals surface area contributed by atoms with Crippen LogP contribution in [-0.2, 0) is 0 Å². The van der Waals surface area contributed by atoms with E-state index in [1.807, 2.05) is 24.3 Å². The average Bonchev–Trinajstić information content (AvgIpc) is 3.46. The number of rotatable bonds is 3. The summed E-state index contributed by atoms with van der Waals surface area (Å²) in [7, 11) is 0. The fourth-order valence-corrected chi connectivity index (χ4v) is 6.35. The Morgan fingerprint density at radius 1 is 0.605 bits per heavy atom. The van der Waals surface area contributed by atoms with E-state index in [1.165, 1.54) is 21.9 Å². The monoisotopic (exact) mass is 532 g/mol. The van der Waals surface area contributed by atoms with Crippen LogP contribution in [-0.4, -0.2) is 9.97 Å². The van der Waals surface area contributed by atoms with Gasteiger partial charge < -0.3 is 9.97 Å². The zero-order valence-electron chi connectivity index (χ0n) is 21.4. The summed E-state index contributed by atoms with van der Waals surface area (Å²) in [5, 5.41) is 6.11. The molecule has 186 valence electrons. The van der Waals surface area contributed by atoms with E-state index in [4.69, 9.17) is 23.2 Å². The topological polar surface area (TPSA) is 31.6 Å². The number of aryl methyl sites for hydroxylation is 1. The molecule has 4 heteroatoms. The molecule has 0 aliphatic heterocycles. The van der Waals surface area contributed by atoms with Gasteiger partial charge in [0.1, 0.15) is 0 Å². The zero-order valence-corrected chi connectivity index (χ0v) is 22.9. The smallest absolute Gasteiger partial charge is 0.0559 e. The summed E-state index contributed by atoms with van der Waals surface area (Å²) in [5.74, 6) is 0.413. The van der Waals surface area contributed by atoms with Crippen molar-refractivity contribution in [3.63, 3.8) is 0 Å². The minimum atomic E-state index is 0.413. The summed E-state index contributed by atoms with van der Waals surface area (Å²) < 4.78 is 0. The Kier molecular flexibility index (Phi) is 5.33. The summed E-state index contributed by atoms with van der Waals surface area (Å²) in [6.07, 6.45) is 0. The summed E-state index contributed by atoms with van der Waals surface area (Å²) in [6.45, 7) is 6.61. The second-order valence-corrected chi connectivity index (χ2v) is 11.3. The number of hydrogen-bond donors (Lipinski definition) is 2. The second kappa shape index (κ2) is 8.66. The molecule has 7 rings (SSSR count). The molecule has 0 radical (unpaired) electrons. The molecule has 0 aliphatic carbocycles. The first-order valence-electron chi connectivity index (χ1n) is 13.0. The van der Waals surface area contributed by atoms with Crippen molar-refractivity contribution >= 4 is 66.8 Å². The number of halogens is 2. The van der Waals surface area contributed by atoms with E-state index >= 15 is 0 Å². The molecule has 38 heavy (non-hydrogen) atoms. The molecule has 0 aliphatic rings. The van der Waals surface area contributed by atoms with Gasteiger partial charge in [0.25, 0.3) is 0 Å². The van der Waals surface area contributed by atoms with E-state index in [-0.39, 0.29) is 0 Å². The maximum Gasteiger partial charge on any atom is 0.0559 e. The third kappa shape index (κ3) is 3.41. The molecular weight excluding hydrogens is 507 g/mol. The van der Waals surface area contributed by atoms with Crippen molar-refractivity contribution in [2.45, 2.75) is 26.7 Å². The van der Waals surface area contributed by atoms with Crippen molar-refractivity contribution in [2.24, 2.45) is 0 Å². The van der Waals surface area contributed by atoms with Crippen LogP contribution in [0.5, 0.6) is 0 Å². The van der Waals surface area contributed by atoms with Crippen LogP contribution >= 0.6 is 23.2 Å². The van der Waals surface area contributed by atoms with Gasteiger partial charge in [-0.15, -0.1) is 0 Å². The van der Waals surface area contributed by atoms with Gasteiger partial charge in [0.2, 0.25) is 0 Å². The van der Waals surface area contributed by atoms with Gasteiger partial charge in [-0.05, 0) is 54.8 Å². The van der Waals surface area contributed by atoms with Gasteiger partial charge in [0.05, 0.1) is 11.0 Å². The predicted molar refractivity (Wildman–Crippen MR) is 165 cm³/mol. The van der Waals surface area contributed by atoms with Crippen molar-refractivity contribution in [3.05, 3.63) is 106 Å². The minimum Gasteiger partial charge on any atom is -0.354 e. The average molecular weight is 534 g/mol. The van der Waals surface area contributed by atoms with Gasteiger partial charge in [-0.25, -0.2) is 0 Å². The van der Waals surface area contributed by atoms with E-state index in [1.54, 1.807) is 0 Å². The Bertz CT molecular complexity index is 2040. The highest BCUT2D eigenvalue weighted by Crippen LogP contribution is 2.50. The van der Waals surface area contributed by atoms with Gasteiger partial charge in [-0.3, -0.25) is 0 Å². The number of hydrogen-bond acceptors (Lipinski definition) is 0. The normalized spacial score (nSPS) is 12.1. The SMILES string of the molecule is Cc1ccc2[nH]c3c(-c4ccccc4Cl)c4c([nH]c5ccc(C(C)C)cc54)c(-c4ccccc4Cl)c3c2c1. The second-order valence-electron chi connectivity index (χ2n) is 10.5. The Morgan fingerprint density at radius 2 is 1.11 bits per heavy atom. The molecular formula is C34H26Cl2N2. The van der Waals surface area contributed by atoms with Gasteiger partial charge in [-0.2, -0.15) is 0 Å². The van der Waals surface area contributed by atoms with Crippen molar-refractivity contribution in [3.8, 4) is 22.3 Å². The number of nitrogens with one attached hydrogen (secondary N) is 2. The summed E-state index contributed by atoms with van der Waals surface area (Å²) in [5.41, 5.74) is 11.1. The van der Waals surface area contributed by atoms with Crippen LogP contribution in [0.4, 0.5) is 0 Å². The number of aromatic amines is 2. The summed E-state index contributed by atoms with van der Waals surface area (Å²) in [4.78, 5) is 7.61. The lowest BCUT2D eigenvalue weighted by atomic mass is 9.89. The summed E-state index contributed by atoms with van der Waals surface area (Å²) in [6, 6.07) is 29.6. The molecule has 7 aromatic rings. The Balaban J connectivity index is 1.82. The molecule has 0 bridgehead atoms. The molecule has 2 N–H and O–H groups in total. The van der Waals surface area contributed by atoms with Gasteiger partial charge in [0.15, 0.2) is 0 Å². The van der Waals surface area contributed by atoms with E-state index in [2.05, 4.69) is 91.4 Å². The third-order valence-corrected chi connectivity index (χ3v) is 8.39. The fourth-order valence-electron chi connectivity index (χ4n) is 5.89. The molecule has 0 unspecified atom stereocenters. The number of fused-ring (bicyclic) bond motifs is 6. The lowest BCUT2D eigenvalue weighted by Gasteiger charge is -2.15. The molecule has 0 atom stereocenters. The van der Waals surface area contributed by atoms with Crippen molar-refractivity contribution in [1.82, 2.24) is 9.97 Å². The highest BCUT2D eigenvalue weighted by Gasteiger charge is 2.25. The number of aromatic nitrogens is 2. The zero-order chi connectivity index (χ0) is 26.1. The van der Waals surface area contributed by atoms with Crippen LogP contribution < -0.4 is 0 Å². The Labute approximate surface area is 231 Å². The fraction of sp³-hybridized carbons (Fsp3) is 0.118. The first kappa shape index (κ1) is 23.4. The van der Waals surface area contributed by atoms with Crippen molar-refractivity contribution < 1.29 is 0 Å². The number of H-pyrrole nitrogens is 2. The standard InChI is InChI=1S/C34H26Cl2N2/c1-18(2)20-13-15-28-24(17-20)32-30(22-9-5-7-11-26(22)36)33-31(23-16-19(3)12-14-27(23)37-33)29(34(32)38-28)21-8-4-6-10-25(21)35/h4-18,37-38H,1-3H3. The van der Waals surface area contributed by atoms with Crippen LogP contribution in [0, 0.1) is 6.92 Å². The van der Waals surface area contributed by atoms with Crippen LogP contribution in [0.2, 0.25) is 10.0 Å². The molecule has 0 saturated carbocycles. The highest BCUT2D eigenvalue weighted by molar-refractivity contribution is 6.39. The molecule has 2 nitrogen and oxygen atoms in total. The molecule has 2 aromatic heterocycles. The molecule has 5 aromatic carbocycles. The molecule has 0 spiro atoms. The first-order chi connectivity index (χ1) is 18.4. The molecule has 2 heterocycles. The molecule has 0 amide bonds. The lowest BCUT2D eigenvalue weighted by Crippen LogP contribution is -1.90. The van der Waals surface area contributed by atoms with Crippen LogP contribution in [0.3, 0.4) is 0 Å². The summed E-state index contributed by atoms with van der Waals surface area (Å²) >= 11 is 13.8.